The van der Waals surface area contributed by atoms with E-state index in [2.05, 4.69) is 15.6 Å². The van der Waals surface area contributed by atoms with E-state index in [1.807, 2.05) is 45.0 Å². The Bertz CT molecular complexity index is 1480. The Morgan fingerprint density at radius 1 is 1.00 bits per heavy atom. The predicted octanol–water partition coefficient (Wildman–Crippen LogP) is 4.72. The molecule has 3 aromatic carbocycles. The molecule has 0 bridgehead atoms. The van der Waals surface area contributed by atoms with Crippen LogP contribution in [0.25, 0.3) is 11.0 Å². The lowest BCUT2D eigenvalue weighted by Crippen LogP contribution is -2.51. The molecule has 1 aromatic heterocycles. The van der Waals surface area contributed by atoms with Gasteiger partial charge >= 0.3 is 0 Å². The van der Waals surface area contributed by atoms with Crippen LogP contribution < -0.4 is 15.0 Å². The Morgan fingerprint density at radius 2 is 1.67 bits per heavy atom. The SMILES string of the molecule is CCC(C)(C)NC(=O)[C@H](c1ccc(OC)cc1)N(C(=O)Cn1nnc2ccccc21)c1ccc(C(C)=O)cc1. The summed E-state index contributed by atoms with van der Waals surface area (Å²) in [5.41, 5.74) is 2.45. The van der Waals surface area contributed by atoms with Crippen molar-refractivity contribution in [1.82, 2.24) is 20.3 Å². The number of ketones is 1. The van der Waals surface area contributed by atoms with Gasteiger partial charge in [-0.3, -0.25) is 19.3 Å². The van der Waals surface area contributed by atoms with Crippen molar-refractivity contribution in [1.29, 1.82) is 0 Å². The average molecular weight is 528 g/mol. The van der Waals surface area contributed by atoms with Crippen molar-refractivity contribution >= 4 is 34.3 Å². The van der Waals surface area contributed by atoms with Crippen LogP contribution in [0.3, 0.4) is 0 Å². The van der Waals surface area contributed by atoms with Crippen molar-refractivity contribution in [3.63, 3.8) is 0 Å². The summed E-state index contributed by atoms with van der Waals surface area (Å²) in [4.78, 5) is 41.5. The maximum Gasteiger partial charge on any atom is 0.249 e. The van der Waals surface area contributed by atoms with Crippen molar-refractivity contribution in [2.75, 3.05) is 12.0 Å². The van der Waals surface area contributed by atoms with Gasteiger partial charge in [0.1, 0.15) is 23.9 Å². The van der Waals surface area contributed by atoms with Gasteiger partial charge in [-0.15, -0.1) is 5.10 Å². The number of methoxy groups -OCH3 is 1. The van der Waals surface area contributed by atoms with Crippen LogP contribution in [0.5, 0.6) is 5.75 Å². The molecule has 0 spiro atoms. The Balaban J connectivity index is 1.83. The van der Waals surface area contributed by atoms with E-state index in [0.717, 1.165) is 0 Å². The molecule has 0 fully saturated rings. The van der Waals surface area contributed by atoms with Gasteiger partial charge in [0.2, 0.25) is 11.8 Å². The van der Waals surface area contributed by atoms with Crippen molar-refractivity contribution in [2.24, 2.45) is 0 Å². The average Bonchev–Trinajstić information content (AvgIpc) is 3.34. The summed E-state index contributed by atoms with van der Waals surface area (Å²) < 4.78 is 6.84. The van der Waals surface area contributed by atoms with E-state index in [0.29, 0.717) is 40.0 Å². The number of Topliss-reactive ketones (excluding diaryl/α,β-unsaturated/α-hetero) is 1. The van der Waals surface area contributed by atoms with Crippen molar-refractivity contribution in [3.05, 3.63) is 83.9 Å². The number of rotatable bonds is 10. The molecule has 0 aliphatic heterocycles. The number of amides is 2. The second-order valence-corrected chi connectivity index (χ2v) is 10.0. The lowest BCUT2D eigenvalue weighted by Gasteiger charge is -2.34. The van der Waals surface area contributed by atoms with Crippen LogP contribution in [0.2, 0.25) is 0 Å². The second kappa shape index (κ2) is 11.5. The van der Waals surface area contributed by atoms with Crippen molar-refractivity contribution in [2.45, 2.75) is 52.2 Å². The lowest BCUT2D eigenvalue weighted by molar-refractivity contribution is -0.128. The van der Waals surface area contributed by atoms with E-state index in [9.17, 15) is 14.4 Å². The smallest absolute Gasteiger partial charge is 0.249 e. The first-order valence-electron chi connectivity index (χ1n) is 12.8. The van der Waals surface area contributed by atoms with E-state index in [-0.39, 0.29) is 24.1 Å². The maximum atomic E-state index is 14.1. The van der Waals surface area contributed by atoms with E-state index in [4.69, 9.17) is 4.74 Å². The Kier molecular flexibility index (Phi) is 8.09. The Hall–Kier alpha value is -4.53. The Labute approximate surface area is 227 Å². The minimum absolute atomic E-state index is 0.0948. The number of carbonyl (C=O) groups is 3. The highest BCUT2D eigenvalue weighted by atomic mass is 16.5. The minimum atomic E-state index is -1.01. The molecule has 0 radical (unpaired) electrons. The van der Waals surface area contributed by atoms with Crippen molar-refractivity contribution < 1.29 is 19.1 Å². The first-order valence-corrected chi connectivity index (χ1v) is 12.8. The highest BCUT2D eigenvalue weighted by Crippen LogP contribution is 2.31. The van der Waals surface area contributed by atoms with Crippen LogP contribution in [-0.4, -0.2) is 45.2 Å². The molecule has 1 heterocycles. The van der Waals surface area contributed by atoms with Gasteiger partial charge in [0.25, 0.3) is 0 Å². The standard InChI is InChI=1S/C30H33N5O4/c1-6-30(3,4)31-29(38)28(22-13-17-24(39-5)18-14-22)35(23-15-11-21(12-16-23)20(2)36)27(37)19-34-26-10-8-7-9-25(26)32-33-34/h7-18,28H,6,19H2,1-5H3,(H,31,38)/t28-/m0/s1. The molecule has 9 nitrogen and oxygen atoms in total. The van der Waals surface area contributed by atoms with Gasteiger partial charge in [0, 0.05) is 16.8 Å². The van der Waals surface area contributed by atoms with Crippen LogP contribution in [0.15, 0.2) is 72.8 Å². The topological polar surface area (TPSA) is 106 Å². The molecule has 0 aliphatic rings. The maximum absolute atomic E-state index is 14.1. The summed E-state index contributed by atoms with van der Waals surface area (Å²) >= 11 is 0. The highest BCUT2D eigenvalue weighted by Gasteiger charge is 2.35. The van der Waals surface area contributed by atoms with E-state index in [1.54, 1.807) is 55.6 Å². The summed E-state index contributed by atoms with van der Waals surface area (Å²) in [7, 11) is 1.57. The molecule has 0 saturated heterocycles. The quantitative estimate of drug-likeness (QED) is 0.299. The number of hydrogen-bond acceptors (Lipinski definition) is 6. The van der Waals surface area contributed by atoms with Crippen LogP contribution in [0, 0.1) is 0 Å². The van der Waals surface area contributed by atoms with Gasteiger partial charge in [0.15, 0.2) is 5.78 Å². The zero-order valence-electron chi connectivity index (χ0n) is 22.8. The monoisotopic (exact) mass is 527 g/mol. The molecular formula is C30H33N5O4. The number of para-hydroxylation sites is 1. The number of ether oxygens (including phenoxy) is 1. The van der Waals surface area contributed by atoms with Gasteiger partial charge in [-0.25, -0.2) is 4.68 Å². The van der Waals surface area contributed by atoms with Crippen molar-refractivity contribution in [3.8, 4) is 5.75 Å². The largest absolute Gasteiger partial charge is 0.497 e. The molecule has 4 aromatic rings. The molecule has 1 atom stereocenters. The fourth-order valence-electron chi connectivity index (χ4n) is 4.23. The van der Waals surface area contributed by atoms with Gasteiger partial charge in [-0.05, 0) is 81.3 Å². The van der Waals surface area contributed by atoms with E-state index in [1.165, 1.54) is 16.5 Å². The first kappa shape index (κ1) is 27.5. The number of anilines is 1. The molecule has 0 unspecified atom stereocenters. The summed E-state index contributed by atoms with van der Waals surface area (Å²) in [5.74, 6) is -0.168. The van der Waals surface area contributed by atoms with Gasteiger partial charge in [0.05, 0.1) is 12.6 Å². The normalized spacial score (nSPS) is 12.1. The van der Waals surface area contributed by atoms with Gasteiger partial charge in [-0.2, -0.15) is 0 Å². The number of hydrogen-bond donors (Lipinski definition) is 1. The third kappa shape index (κ3) is 6.14. The predicted molar refractivity (Wildman–Crippen MR) is 150 cm³/mol. The minimum Gasteiger partial charge on any atom is -0.497 e. The highest BCUT2D eigenvalue weighted by molar-refractivity contribution is 6.02. The second-order valence-electron chi connectivity index (χ2n) is 10.0. The number of carbonyl (C=O) groups excluding carboxylic acids is 3. The number of fused-ring (bicyclic) bond motifs is 1. The van der Waals surface area contributed by atoms with Crippen LogP contribution in [0.4, 0.5) is 5.69 Å². The number of nitrogens with zero attached hydrogens (tertiary/aromatic N) is 4. The van der Waals surface area contributed by atoms with E-state index >= 15 is 0 Å². The first-order chi connectivity index (χ1) is 18.6. The van der Waals surface area contributed by atoms with Crippen LogP contribution >= 0.6 is 0 Å². The summed E-state index contributed by atoms with van der Waals surface area (Å²) in [6.45, 7) is 7.19. The lowest BCUT2D eigenvalue weighted by atomic mass is 9.98. The molecule has 1 N–H and O–H groups in total. The van der Waals surface area contributed by atoms with Crippen LogP contribution in [0.1, 0.15) is 56.1 Å². The molecule has 39 heavy (non-hydrogen) atoms. The molecule has 0 saturated carbocycles. The molecular weight excluding hydrogens is 494 g/mol. The van der Waals surface area contributed by atoms with Crippen LogP contribution in [-0.2, 0) is 16.1 Å². The summed E-state index contributed by atoms with van der Waals surface area (Å²) in [6.07, 6.45) is 0.695. The van der Waals surface area contributed by atoms with E-state index < -0.39 is 11.6 Å². The number of benzene rings is 3. The van der Waals surface area contributed by atoms with Gasteiger partial charge < -0.3 is 10.1 Å². The fourth-order valence-corrected chi connectivity index (χ4v) is 4.23. The fraction of sp³-hybridized carbons (Fsp3) is 0.300. The third-order valence-electron chi connectivity index (χ3n) is 6.81. The molecule has 2 amide bonds. The zero-order chi connectivity index (χ0) is 28.2. The molecule has 9 heteroatoms. The molecule has 202 valence electrons. The Morgan fingerprint density at radius 3 is 2.28 bits per heavy atom. The van der Waals surface area contributed by atoms with Gasteiger partial charge in [-0.1, -0.05) is 36.4 Å². The molecule has 4 rings (SSSR count). The molecule has 0 aliphatic carbocycles. The summed E-state index contributed by atoms with van der Waals surface area (Å²) in [6, 6.07) is 20.1. The number of nitrogens with one attached hydrogen (secondary N) is 1. The summed E-state index contributed by atoms with van der Waals surface area (Å²) in [5, 5.41) is 11.4. The zero-order valence-corrected chi connectivity index (χ0v) is 22.8. The number of aromatic nitrogens is 3. The third-order valence-corrected chi connectivity index (χ3v) is 6.81.